The van der Waals surface area contributed by atoms with Gasteiger partial charge >= 0.3 is 6.18 Å². The molecule has 0 saturated heterocycles. The van der Waals surface area contributed by atoms with Crippen LogP contribution in [0.3, 0.4) is 0 Å². The van der Waals surface area contributed by atoms with E-state index in [9.17, 15) is 22.4 Å². The molecule has 0 bridgehead atoms. The van der Waals surface area contributed by atoms with E-state index in [0.29, 0.717) is 17.9 Å². The third-order valence-corrected chi connectivity index (χ3v) is 4.20. The Hall–Kier alpha value is -1.10. The quantitative estimate of drug-likeness (QED) is 0.719. The SMILES string of the molecule is O=C(Cc1cc(Cl)ccc1F)C1CCCC(C(F)(F)F)C1. The van der Waals surface area contributed by atoms with Crippen LogP contribution in [0, 0.1) is 17.7 Å². The van der Waals surface area contributed by atoms with Crippen molar-refractivity contribution in [1.29, 1.82) is 0 Å². The fraction of sp³-hybridized carbons (Fsp3) is 0.533. The summed E-state index contributed by atoms with van der Waals surface area (Å²) in [4.78, 5) is 12.1. The lowest BCUT2D eigenvalue weighted by atomic mass is 9.78. The van der Waals surface area contributed by atoms with Crippen LogP contribution < -0.4 is 0 Å². The van der Waals surface area contributed by atoms with Gasteiger partial charge in [-0.2, -0.15) is 13.2 Å². The average Bonchev–Trinajstić information content (AvgIpc) is 2.42. The number of alkyl halides is 3. The van der Waals surface area contributed by atoms with Crippen LogP contribution >= 0.6 is 11.6 Å². The second-order valence-corrected chi connectivity index (χ2v) is 5.92. The smallest absolute Gasteiger partial charge is 0.299 e. The average molecular weight is 323 g/mol. The molecular formula is C15H15ClF4O. The lowest BCUT2D eigenvalue weighted by molar-refractivity contribution is -0.186. The van der Waals surface area contributed by atoms with Gasteiger partial charge in [-0.3, -0.25) is 4.79 Å². The highest BCUT2D eigenvalue weighted by Gasteiger charge is 2.43. The highest BCUT2D eigenvalue weighted by Crippen LogP contribution is 2.40. The van der Waals surface area contributed by atoms with Gasteiger partial charge in [0.15, 0.2) is 0 Å². The molecule has 0 heterocycles. The Balaban J connectivity index is 2.04. The third-order valence-electron chi connectivity index (χ3n) is 3.96. The second-order valence-electron chi connectivity index (χ2n) is 5.48. The molecule has 1 aromatic carbocycles. The first-order chi connectivity index (χ1) is 9.77. The minimum atomic E-state index is -4.26. The van der Waals surface area contributed by atoms with Crippen LogP contribution in [0.5, 0.6) is 0 Å². The van der Waals surface area contributed by atoms with Crippen molar-refractivity contribution in [3.63, 3.8) is 0 Å². The molecule has 0 amide bonds. The number of benzene rings is 1. The van der Waals surface area contributed by atoms with E-state index in [0.717, 1.165) is 6.07 Å². The Labute approximate surface area is 125 Å². The molecule has 2 rings (SSSR count). The second kappa shape index (κ2) is 6.34. The first-order valence-electron chi connectivity index (χ1n) is 6.80. The molecule has 0 aromatic heterocycles. The van der Waals surface area contributed by atoms with Gasteiger partial charge in [0, 0.05) is 17.4 Å². The Morgan fingerprint density at radius 3 is 2.67 bits per heavy atom. The molecule has 1 aliphatic rings. The maximum absolute atomic E-state index is 13.6. The summed E-state index contributed by atoms with van der Waals surface area (Å²) in [6.45, 7) is 0. The zero-order valence-corrected chi connectivity index (χ0v) is 12.0. The summed E-state index contributed by atoms with van der Waals surface area (Å²) in [5, 5.41) is 0.302. The van der Waals surface area contributed by atoms with E-state index in [2.05, 4.69) is 0 Å². The zero-order valence-electron chi connectivity index (χ0n) is 11.2. The Kier molecular flexibility index (Phi) is 4.91. The van der Waals surface area contributed by atoms with Gasteiger partial charge in [0.2, 0.25) is 0 Å². The van der Waals surface area contributed by atoms with E-state index in [-0.39, 0.29) is 30.6 Å². The van der Waals surface area contributed by atoms with E-state index in [1.54, 1.807) is 0 Å². The molecule has 0 radical (unpaired) electrons. The van der Waals surface area contributed by atoms with E-state index in [1.807, 2.05) is 0 Å². The van der Waals surface area contributed by atoms with Crippen molar-refractivity contribution >= 4 is 17.4 Å². The summed E-state index contributed by atoms with van der Waals surface area (Å²) in [5.41, 5.74) is 0.140. The minimum Gasteiger partial charge on any atom is -0.299 e. The summed E-state index contributed by atoms with van der Waals surface area (Å²) < 4.78 is 51.8. The van der Waals surface area contributed by atoms with Crippen LogP contribution in [-0.2, 0) is 11.2 Å². The van der Waals surface area contributed by atoms with Crippen molar-refractivity contribution < 1.29 is 22.4 Å². The van der Waals surface area contributed by atoms with Gasteiger partial charge < -0.3 is 0 Å². The first kappa shape index (κ1) is 16.3. The molecule has 0 aliphatic heterocycles. The van der Waals surface area contributed by atoms with Gasteiger partial charge in [-0.1, -0.05) is 18.0 Å². The number of carbonyl (C=O) groups is 1. The normalized spacial score (nSPS) is 23.1. The Morgan fingerprint density at radius 2 is 2.00 bits per heavy atom. The highest BCUT2D eigenvalue weighted by molar-refractivity contribution is 6.30. The third kappa shape index (κ3) is 4.19. The molecule has 6 heteroatoms. The maximum atomic E-state index is 13.6. The molecule has 2 atom stereocenters. The predicted molar refractivity (Wildman–Crippen MR) is 71.6 cm³/mol. The minimum absolute atomic E-state index is 0.0683. The summed E-state index contributed by atoms with van der Waals surface area (Å²) in [6, 6.07) is 3.87. The van der Waals surface area contributed by atoms with Crippen LogP contribution in [0.2, 0.25) is 5.02 Å². The van der Waals surface area contributed by atoms with Crippen molar-refractivity contribution in [2.45, 2.75) is 38.3 Å². The topological polar surface area (TPSA) is 17.1 Å². The number of halogens is 5. The summed E-state index contributed by atoms with van der Waals surface area (Å²) in [6.07, 6.45) is -3.78. The molecule has 1 fully saturated rings. The van der Waals surface area contributed by atoms with E-state index in [1.165, 1.54) is 12.1 Å². The van der Waals surface area contributed by atoms with Crippen LogP contribution in [0.15, 0.2) is 18.2 Å². The number of carbonyl (C=O) groups excluding carboxylic acids is 1. The number of hydrogen-bond donors (Lipinski definition) is 0. The van der Waals surface area contributed by atoms with Crippen LogP contribution in [0.4, 0.5) is 17.6 Å². The molecule has 21 heavy (non-hydrogen) atoms. The molecule has 0 spiro atoms. The highest BCUT2D eigenvalue weighted by atomic mass is 35.5. The molecule has 1 saturated carbocycles. The maximum Gasteiger partial charge on any atom is 0.391 e. The number of rotatable bonds is 3. The molecular weight excluding hydrogens is 308 g/mol. The largest absolute Gasteiger partial charge is 0.391 e. The van der Waals surface area contributed by atoms with E-state index in [4.69, 9.17) is 11.6 Å². The van der Waals surface area contributed by atoms with Crippen molar-refractivity contribution in [3.05, 3.63) is 34.6 Å². The predicted octanol–water partition coefficient (Wildman–Crippen LogP) is 4.96. The molecule has 0 N–H and O–H groups in total. The van der Waals surface area contributed by atoms with Crippen molar-refractivity contribution in [3.8, 4) is 0 Å². The standard InChI is InChI=1S/C15H15ClF4O/c16-12-4-5-13(17)10(7-12)8-14(21)9-2-1-3-11(6-9)15(18,19)20/h4-5,7,9,11H,1-3,6,8H2. The summed E-state index contributed by atoms with van der Waals surface area (Å²) in [5.74, 6) is -2.98. The molecule has 116 valence electrons. The lowest BCUT2D eigenvalue weighted by Crippen LogP contribution is -2.32. The molecule has 1 aliphatic carbocycles. The number of hydrogen-bond acceptors (Lipinski definition) is 1. The fourth-order valence-corrected chi connectivity index (χ4v) is 2.99. The van der Waals surface area contributed by atoms with Gasteiger partial charge in [-0.25, -0.2) is 4.39 Å². The molecule has 1 nitrogen and oxygen atoms in total. The number of Topliss-reactive ketones (excluding diaryl/α,β-unsaturated/α-hetero) is 1. The Bertz CT molecular complexity index is 527. The molecule has 1 aromatic rings. The van der Waals surface area contributed by atoms with Gasteiger partial charge in [0.05, 0.1) is 5.92 Å². The van der Waals surface area contributed by atoms with Crippen molar-refractivity contribution in [1.82, 2.24) is 0 Å². The van der Waals surface area contributed by atoms with Gasteiger partial charge in [0.1, 0.15) is 11.6 Å². The van der Waals surface area contributed by atoms with Crippen LogP contribution in [0.1, 0.15) is 31.2 Å². The van der Waals surface area contributed by atoms with E-state index < -0.39 is 23.8 Å². The Morgan fingerprint density at radius 1 is 1.29 bits per heavy atom. The monoisotopic (exact) mass is 322 g/mol. The number of ketones is 1. The van der Waals surface area contributed by atoms with Crippen molar-refractivity contribution in [2.24, 2.45) is 11.8 Å². The fourth-order valence-electron chi connectivity index (χ4n) is 2.79. The first-order valence-corrected chi connectivity index (χ1v) is 7.18. The zero-order chi connectivity index (χ0) is 15.6. The summed E-state index contributed by atoms with van der Waals surface area (Å²) in [7, 11) is 0. The van der Waals surface area contributed by atoms with Crippen LogP contribution in [0.25, 0.3) is 0 Å². The molecule has 2 unspecified atom stereocenters. The van der Waals surface area contributed by atoms with Gasteiger partial charge in [-0.15, -0.1) is 0 Å². The summed E-state index contributed by atoms with van der Waals surface area (Å²) >= 11 is 5.74. The van der Waals surface area contributed by atoms with Gasteiger partial charge in [0.25, 0.3) is 0 Å². The van der Waals surface area contributed by atoms with E-state index >= 15 is 0 Å². The van der Waals surface area contributed by atoms with Gasteiger partial charge in [-0.05, 0) is 43.0 Å². The lowest BCUT2D eigenvalue weighted by Gasteiger charge is -2.29. The van der Waals surface area contributed by atoms with Crippen molar-refractivity contribution in [2.75, 3.05) is 0 Å². The van der Waals surface area contributed by atoms with Crippen LogP contribution in [-0.4, -0.2) is 12.0 Å².